The van der Waals surface area contributed by atoms with Crippen LogP contribution < -0.4 is 0 Å². The number of benzene rings is 2. The lowest BCUT2D eigenvalue weighted by molar-refractivity contribution is 0.0532. The SMILES string of the molecule is O=C(c1ccc2c(c1)C(=O)N(Cc1ccco1)C2=O)N1CCN(C(=O)c2cc(Cl)ccc2F)CC1. The van der Waals surface area contributed by atoms with Gasteiger partial charge in [0.25, 0.3) is 23.6 Å². The van der Waals surface area contributed by atoms with Crippen LogP contribution in [0.5, 0.6) is 0 Å². The standard InChI is InChI=1S/C25H19ClFN3O5/c26-16-4-6-21(27)20(13-16)23(32)29-9-7-28(8-10-29)22(31)15-3-5-18-19(12-15)25(34)30(24(18)33)14-17-2-1-11-35-17/h1-6,11-13H,7-10,14H2. The van der Waals surface area contributed by atoms with Crippen molar-refractivity contribution in [1.82, 2.24) is 14.7 Å². The van der Waals surface area contributed by atoms with Crippen molar-refractivity contribution in [3.8, 4) is 0 Å². The number of amides is 4. The summed E-state index contributed by atoms with van der Waals surface area (Å²) in [6, 6.07) is 11.6. The highest BCUT2D eigenvalue weighted by Crippen LogP contribution is 2.26. The van der Waals surface area contributed by atoms with Gasteiger partial charge in [-0.15, -0.1) is 0 Å². The molecule has 2 aliphatic heterocycles. The van der Waals surface area contributed by atoms with E-state index in [9.17, 15) is 23.6 Å². The van der Waals surface area contributed by atoms with Gasteiger partial charge in [0.05, 0.1) is 29.5 Å². The summed E-state index contributed by atoms with van der Waals surface area (Å²) in [6.45, 7) is 0.917. The first-order valence-corrected chi connectivity index (χ1v) is 11.3. The molecule has 3 heterocycles. The molecule has 0 spiro atoms. The first-order valence-electron chi connectivity index (χ1n) is 10.9. The van der Waals surface area contributed by atoms with E-state index in [-0.39, 0.29) is 65.9 Å². The third-order valence-corrected chi connectivity index (χ3v) is 6.36. The molecule has 0 unspecified atom stereocenters. The maximum Gasteiger partial charge on any atom is 0.261 e. The van der Waals surface area contributed by atoms with Gasteiger partial charge in [0.15, 0.2) is 0 Å². The van der Waals surface area contributed by atoms with Gasteiger partial charge in [-0.25, -0.2) is 4.39 Å². The molecule has 0 N–H and O–H groups in total. The number of carbonyl (C=O) groups is 4. The summed E-state index contributed by atoms with van der Waals surface area (Å²) in [5.74, 6) is -1.93. The minimum Gasteiger partial charge on any atom is -0.467 e. The molecule has 3 aromatic rings. The van der Waals surface area contributed by atoms with Gasteiger partial charge in [-0.05, 0) is 48.5 Å². The van der Waals surface area contributed by atoms with Crippen molar-refractivity contribution in [3.05, 3.63) is 93.6 Å². The average Bonchev–Trinajstić information content (AvgIpc) is 3.47. The van der Waals surface area contributed by atoms with Crippen molar-refractivity contribution in [2.24, 2.45) is 0 Å². The summed E-state index contributed by atoms with van der Waals surface area (Å²) in [5.41, 5.74) is 0.554. The van der Waals surface area contributed by atoms with Gasteiger partial charge in [-0.3, -0.25) is 24.1 Å². The Morgan fingerprint density at radius 2 is 1.57 bits per heavy atom. The van der Waals surface area contributed by atoms with Crippen LogP contribution in [0.4, 0.5) is 4.39 Å². The van der Waals surface area contributed by atoms with Gasteiger partial charge in [0.1, 0.15) is 11.6 Å². The van der Waals surface area contributed by atoms with E-state index in [1.165, 1.54) is 41.5 Å². The molecule has 35 heavy (non-hydrogen) atoms. The Balaban J connectivity index is 1.27. The minimum absolute atomic E-state index is 0.00579. The monoisotopic (exact) mass is 495 g/mol. The molecule has 1 aromatic heterocycles. The molecule has 1 saturated heterocycles. The normalized spacial score (nSPS) is 15.5. The Kier molecular flexibility index (Phi) is 5.86. The smallest absolute Gasteiger partial charge is 0.261 e. The highest BCUT2D eigenvalue weighted by atomic mass is 35.5. The topological polar surface area (TPSA) is 91.1 Å². The molecule has 4 amide bonds. The second-order valence-electron chi connectivity index (χ2n) is 8.24. The van der Waals surface area contributed by atoms with Gasteiger partial charge < -0.3 is 14.2 Å². The summed E-state index contributed by atoms with van der Waals surface area (Å²) in [4.78, 5) is 55.4. The molecule has 178 valence electrons. The predicted octanol–water partition coefficient (Wildman–Crippen LogP) is 3.47. The summed E-state index contributed by atoms with van der Waals surface area (Å²) >= 11 is 5.89. The van der Waals surface area contributed by atoms with E-state index in [0.29, 0.717) is 5.76 Å². The summed E-state index contributed by atoms with van der Waals surface area (Å²) in [7, 11) is 0. The molecule has 8 nitrogen and oxygen atoms in total. The molecule has 2 aliphatic rings. The van der Waals surface area contributed by atoms with Crippen molar-refractivity contribution in [2.75, 3.05) is 26.2 Å². The van der Waals surface area contributed by atoms with Gasteiger partial charge in [0.2, 0.25) is 0 Å². The quantitative estimate of drug-likeness (QED) is 0.517. The third kappa shape index (κ3) is 4.19. The Morgan fingerprint density at radius 1 is 0.886 bits per heavy atom. The second kappa shape index (κ2) is 8.99. The molecule has 1 fully saturated rings. The fourth-order valence-electron chi connectivity index (χ4n) is 4.25. The van der Waals surface area contributed by atoms with Crippen molar-refractivity contribution in [2.45, 2.75) is 6.54 Å². The van der Waals surface area contributed by atoms with Gasteiger partial charge in [0, 0.05) is 36.8 Å². The second-order valence-corrected chi connectivity index (χ2v) is 8.68. The van der Waals surface area contributed by atoms with Gasteiger partial charge in [-0.1, -0.05) is 11.6 Å². The number of furan rings is 1. The van der Waals surface area contributed by atoms with E-state index in [2.05, 4.69) is 0 Å². The maximum absolute atomic E-state index is 14.1. The fraction of sp³-hybridized carbons (Fsp3) is 0.200. The zero-order valence-corrected chi connectivity index (χ0v) is 19.1. The van der Waals surface area contributed by atoms with Crippen LogP contribution in [0.2, 0.25) is 5.02 Å². The number of halogens is 2. The summed E-state index contributed by atoms with van der Waals surface area (Å²) in [6.07, 6.45) is 1.46. The molecule has 0 saturated carbocycles. The number of imide groups is 1. The van der Waals surface area contributed by atoms with Crippen LogP contribution in [0.25, 0.3) is 0 Å². The van der Waals surface area contributed by atoms with E-state index in [1.54, 1.807) is 17.0 Å². The Morgan fingerprint density at radius 3 is 2.26 bits per heavy atom. The van der Waals surface area contributed by atoms with E-state index < -0.39 is 23.5 Å². The highest BCUT2D eigenvalue weighted by Gasteiger charge is 2.37. The van der Waals surface area contributed by atoms with Crippen LogP contribution in [-0.2, 0) is 6.54 Å². The molecule has 5 rings (SSSR count). The molecule has 0 aliphatic carbocycles. The number of piperazine rings is 1. The molecule has 10 heteroatoms. The first-order chi connectivity index (χ1) is 16.8. The van der Waals surface area contributed by atoms with Crippen LogP contribution in [-0.4, -0.2) is 64.5 Å². The number of rotatable bonds is 4. The highest BCUT2D eigenvalue weighted by molar-refractivity contribution is 6.31. The Hall–Kier alpha value is -3.98. The molecular weight excluding hydrogens is 477 g/mol. The first kappa shape index (κ1) is 22.8. The maximum atomic E-state index is 14.1. The lowest BCUT2D eigenvalue weighted by atomic mass is 10.0. The van der Waals surface area contributed by atoms with E-state index in [1.807, 2.05) is 0 Å². The molecule has 0 atom stereocenters. The van der Waals surface area contributed by atoms with Crippen LogP contribution >= 0.6 is 11.6 Å². The number of nitrogens with zero attached hydrogens (tertiary/aromatic N) is 3. The van der Waals surface area contributed by atoms with E-state index in [4.69, 9.17) is 16.0 Å². The van der Waals surface area contributed by atoms with Gasteiger partial charge >= 0.3 is 0 Å². The van der Waals surface area contributed by atoms with E-state index in [0.717, 1.165) is 11.0 Å². The molecule has 0 radical (unpaired) electrons. The zero-order chi connectivity index (χ0) is 24.7. The molecule has 2 aromatic carbocycles. The predicted molar refractivity (Wildman–Crippen MR) is 123 cm³/mol. The summed E-state index contributed by atoms with van der Waals surface area (Å²) < 4.78 is 19.3. The van der Waals surface area contributed by atoms with E-state index >= 15 is 0 Å². The van der Waals surface area contributed by atoms with Crippen LogP contribution in [0.3, 0.4) is 0 Å². The number of fused-ring (bicyclic) bond motifs is 1. The minimum atomic E-state index is -0.656. The van der Waals surface area contributed by atoms with Crippen molar-refractivity contribution < 1.29 is 28.0 Å². The van der Waals surface area contributed by atoms with Gasteiger partial charge in [-0.2, -0.15) is 0 Å². The average molecular weight is 496 g/mol. The summed E-state index contributed by atoms with van der Waals surface area (Å²) in [5, 5.41) is 0.260. The Labute approximate surface area is 204 Å². The number of carbonyl (C=O) groups excluding carboxylic acids is 4. The molecule has 0 bridgehead atoms. The number of hydrogen-bond acceptors (Lipinski definition) is 5. The fourth-order valence-corrected chi connectivity index (χ4v) is 4.42. The van der Waals surface area contributed by atoms with Crippen LogP contribution in [0.1, 0.15) is 47.2 Å². The lowest BCUT2D eigenvalue weighted by Crippen LogP contribution is -2.50. The van der Waals surface area contributed by atoms with Crippen molar-refractivity contribution in [1.29, 1.82) is 0 Å². The number of hydrogen-bond donors (Lipinski definition) is 0. The van der Waals surface area contributed by atoms with Crippen molar-refractivity contribution >= 4 is 35.2 Å². The largest absolute Gasteiger partial charge is 0.467 e. The lowest BCUT2D eigenvalue weighted by Gasteiger charge is -2.35. The Bertz CT molecular complexity index is 1350. The van der Waals surface area contributed by atoms with Crippen molar-refractivity contribution in [3.63, 3.8) is 0 Å². The zero-order valence-electron chi connectivity index (χ0n) is 18.4. The molecular formula is C25H19ClFN3O5. The van der Waals surface area contributed by atoms with Crippen LogP contribution in [0.15, 0.2) is 59.2 Å². The van der Waals surface area contributed by atoms with Crippen LogP contribution in [0, 0.1) is 5.82 Å². The third-order valence-electron chi connectivity index (χ3n) is 6.12.